The van der Waals surface area contributed by atoms with Crippen LogP contribution in [0.1, 0.15) is 25.3 Å². The highest BCUT2D eigenvalue weighted by molar-refractivity contribution is 5.85. The molecule has 0 aliphatic carbocycles. The largest absolute Gasteiger partial charge is 0.315 e. The van der Waals surface area contributed by atoms with Crippen LogP contribution in [0, 0.1) is 15.9 Å². The minimum absolute atomic E-state index is 0. The minimum atomic E-state index is -0.572. The highest BCUT2D eigenvalue weighted by atomic mass is 35.5. The van der Waals surface area contributed by atoms with Crippen molar-refractivity contribution in [1.82, 2.24) is 10.2 Å². The lowest BCUT2D eigenvalue weighted by Crippen LogP contribution is -2.37. The van der Waals surface area contributed by atoms with Crippen LogP contribution >= 0.6 is 12.4 Å². The standard InChI is InChI=1S/C14H20FN3O2.ClH/c1-2-7-17(13-5-6-16-9-13)10-11-3-4-12(18(19)20)8-14(11)15;/h3-4,8,13,16H,2,5-7,9-10H2,1H3;1H. The molecule has 1 unspecified atom stereocenters. The quantitative estimate of drug-likeness (QED) is 0.647. The summed E-state index contributed by atoms with van der Waals surface area (Å²) in [6.07, 6.45) is 2.07. The zero-order valence-corrected chi connectivity index (χ0v) is 12.9. The number of rotatable bonds is 6. The molecule has 0 radical (unpaired) electrons. The maximum Gasteiger partial charge on any atom is 0.272 e. The second-order valence-electron chi connectivity index (χ2n) is 5.15. The summed E-state index contributed by atoms with van der Waals surface area (Å²) in [5.74, 6) is -0.494. The normalized spacial score (nSPS) is 17.8. The van der Waals surface area contributed by atoms with Gasteiger partial charge in [0.25, 0.3) is 5.69 Å². The fourth-order valence-electron chi connectivity index (χ4n) is 2.63. The molecule has 0 spiro atoms. The van der Waals surface area contributed by atoms with Gasteiger partial charge in [-0.15, -0.1) is 12.4 Å². The summed E-state index contributed by atoms with van der Waals surface area (Å²) in [6.45, 7) is 5.43. The molecule has 1 N–H and O–H groups in total. The summed E-state index contributed by atoms with van der Waals surface area (Å²) < 4.78 is 14.0. The van der Waals surface area contributed by atoms with Gasteiger partial charge in [0, 0.05) is 30.8 Å². The summed E-state index contributed by atoms with van der Waals surface area (Å²) in [5.41, 5.74) is 0.326. The van der Waals surface area contributed by atoms with Gasteiger partial charge >= 0.3 is 0 Å². The molecular weight excluding hydrogens is 297 g/mol. The maximum absolute atomic E-state index is 14.0. The Morgan fingerprint density at radius 1 is 1.52 bits per heavy atom. The third-order valence-electron chi connectivity index (χ3n) is 3.68. The van der Waals surface area contributed by atoms with Gasteiger partial charge in [-0.1, -0.05) is 6.92 Å². The first-order valence-electron chi connectivity index (χ1n) is 6.99. The van der Waals surface area contributed by atoms with E-state index < -0.39 is 10.7 Å². The van der Waals surface area contributed by atoms with Crippen molar-refractivity contribution in [3.05, 3.63) is 39.7 Å². The number of benzene rings is 1. The molecule has 7 heteroatoms. The van der Waals surface area contributed by atoms with Crippen molar-refractivity contribution < 1.29 is 9.31 Å². The number of nitro groups is 1. The van der Waals surface area contributed by atoms with Crippen molar-refractivity contribution >= 4 is 18.1 Å². The zero-order valence-electron chi connectivity index (χ0n) is 12.0. The van der Waals surface area contributed by atoms with Gasteiger partial charge in [-0.05, 0) is 32.0 Å². The highest BCUT2D eigenvalue weighted by Crippen LogP contribution is 2.20. The number of nitrogens with zero attached hydrogens (tertiary/aromatic N) is 2. The van der Waals surface area contributed by atoms with Crippen molar-refractivity contribution in [2.24, 2.45) is 0 Å². The molecule has 0 aromatic heterocycles. The Morgan fingerprint density at radius 2 is 2.29 bits per heavy atom. The molecule has 118 valence electrons. The molecular formula is C14H21ClFN3O2. The van der Waals surface area contributed by atoms with Gasteiger partial charge in [0.15, 0.2) is 0 Å². The third kappa shape index (κ3) is 4.62. The van der Waals surface area contributed by atoms with Crippen LogP contribution in [-0.2, 0) is 6.54 Å². The molecule has 1 fully saturated rings. The number of nitro benzene ring substituents is 1. The van der Waals surface area contributed by atoms with E-state index in [1.54, 1.807) is 0 Å². The molecule has 0 bridgehead atoms. The van der Waals surface area contributed by atoms with E-state index in [4.69, 9.17) is 0 Å². The molecule has 1 heterocycles. The molecule has 1 aliphatic rings. The van der Waals surface area contributed by atoms with Crippen molar-refractivity contribution in [1.29, 1.82) is 0 Å². The zero-order chi connectivity index (χ0) is 14.5. The SMILES string of the molecule is CCCN(Cc1ccc([N+](=O)[O-])cc1F)C1CCNC1.Cl. The number of halogens is 2. The van der Waals surface area contributed by atoms with Crippen LogP contribution in [-0.4, -0.2) is 35.5 Å². The van der Waals surface area contributed by atoms with Gasteiger partial charge in [-0.2, -0.15) is 0 Å². The van der Waals surface area contributed by atoms with Crippen LogP contribution in [0.2, 0.25) is 0 Å². The first-order chi connectivity index (χ1) is 9.61. The molecule has 0 amide bonds. The van der Waals surface area contributed by atoms with Crippen LogP contribution < -0.4 is 5.32 Å². The molecule has 0 saturated carbocycles. The van der Waals surface area contributed by atoms with Crippen LogP contribution in [0.4, 0.5) is 10.1 Å². The fourth-order valence-corrected chi connectivity index (χ4v) is 2.63. The highest BCUT2D eigenvalue weighted by Gasteiger charge is 2.23. The third-order valence-corrected chi connectivity index (χ3v) is 3.68. The van der Waals surface area contributed by atoms with E-state index in [9.17, 15) is 14.5 Å². The second kappa shape index (κ2) is 8.26. The van der Waals surface area contributed by atoms with E-state index in [0.29, 0.717) is 18.2 Å². The Balaban J connectivity index is 0.00000220. The lowest BCUT2D eigenvalue weighted by molar-refractivity contribution is -0.385. The molecule has 1 aromatic carbocycles. The maximum atomic E-state index is 14.0. The van der Waals surface area contributed by atoms with Gasteiger partial charge < -0.3 is 5.32 Å². The lowest BCUT2D eigenvalue weighted by Gasteiger charge is -2.28. The predicted molar refractivity (Wildman–Crippen MR) is 82.3 cm³/mol. The Kier molecular flexibility index (Phi) is 7.01. The van der Waals surface area contributed by atoms with E-state index in [0.717, 1.165) is 38.5 Å². The number of hydrogen-bond donors (Lipinski definition) is 1. The number of hydrogen-bond acceptors (Lipinski definition) is 4. The van der Waals surface area contributed by atoms with Gasteiger partial charge in [-0.25, -0.2) is 4.39 Å². The summed E-state index contributed by atoms with van der Waals surface area (Å²) in [6, 6.07) is 4.32. The topological polar surface area (TPSA) is 58.4 Å². The Labute approximate surface area is 130 Å². The molecule has 5 nitrogen and oxygen atoms in total. The molecule has 1 atom stereocenters. The van der Waals surface area contributed by atoms with Gasteiger partial charge in [0.1, 0.15) is 5.82 Å². The van der Waals surface area contributed by atoms with Gasteiger partial charge in [0.2, 0.25) is 0 Å². The van der Waals surface area contributed by atoms with E-state index in [2.05, 4.69) is 17.1 Å². The summed E-state index contributed by atoms with van der Waals surface area (Å²) >= 11 is 0. The first kappa shape index (κ1) is 17.8. The van der Waals surface area contributed by atoms with E-state index in [-0.39, 0.29) is 18.1 Å². The Bertz CT molecular complexity index is 481. The number of non-ortho nitro benzene ring substituents is 1. The molecule has 1 aromatic rings. The van der Waals surface area contributed by atoms with E-state index in [1.165, 1.54) is 12.1 Å². The molecule has 2 rings (SSSR count). The smallest absolute Gasteiger partial charge is 0.272 e. The molecule has 21 heavy (non-hydrogen) atoms. The van der Waals surface area contributed by atoms with Crippen LogP contribution in [0.5, 0.6) is 0 Å². The Morgan fingerprint density at radius 3 is 2.81 bits per heavy atom. The first-order valence-corrected chi connectivity index (χ1v) is 6.99. The fraction of sp³-hybridized carbons (Fsp3) is 0.571. The second-order valence-corrected chi connectivity index (χ2v) is 5.15. The van der Waals surface area contributed by atoms with Crippen LogP contribution in [0.15, 0.2) is 18.2 Å². The minimum Gasteiger partial charge on any atom is -0.315 e. The Hall–Kier alpha value is -1.24. The average Bonchev–Trinajstić information content (AvgIpc) is 2.94. The molecule has 1 saturated heterocycles. The van der Waals surface area contributed by atoms with Crippen LogP contribution in [0.3, 0.4) is 0 Å². The summed E-state index contributed by atoms with van der Waals surface area (Å²) in [4.78, 5) is 12.3. The van der Waals surface area contributed by atoms with Crippen molar-refractivity contribution in [3.8, 4) is 0 Å². The average molecular weight is 318 g/mol. The van der Waals surface area contributed by atoms with E-state index >= 15 is 0 Å². The van der Waals surface area contributed by atoms with E-state index in [1.807, 2.05) is 0 Å². The van der Waals surface area contributed by atoms with Crippen LogP contribution in [0.25, 0.3) is 0 Å². The van der Waals surface area contributed by atoms with Crippen molar-refractivity contribution in [2.75, 3.05) is 19.6 Å². The summed E-state index contributed by atoms with van der Waals surface area (Å²) in [7, 11) is 0. The molecule has 1 aliphatic heterocycles. The number of nitrogens with one attached hydrogen (secondary N) is 1. The van der Waals surface area contributed by atoms with Crippen molar-refractivity contribution in [2.45, 2.75) is 32.4 Å². The summed E-state index contributed by atoms with van der Waals surface area (Å²) in [5, 5.41) is 13.9. The van der Waals surface area contributed by atoms with Gasteiger partial charge in [0.05, 0.1) is 11.0 Å². The predicted octanol–water partition coefficient (Wildman–Crippen LogP) is 2.73. The monoisotopic (exact) mass is 317 g/mol. The van der Waals surface area contributed by atoms with Crippen molar-refractivity contribution in [3.63, 3.8) is 0 Å². The lowest BCUT2D eigenvalue weighted by atomic mass is 10.1. The van der Waals surface area contributed by atoms with Gasteiger partial charge in [-0.3, -0.25) is 15.0 Å².